The van der Waals surface area contributed by atoms with Gasteiger partial charge in [-0.05, 0) is 37.0 Å². The molecule has 0 spiro atoms. The third-order valence-corrected chi connectivity index (χ3v) is 6.75. The topological polar surface area (TPSA) is 71.0 Å². The third-order valence-electron chi connectivity index (χ3n) is 4.52. The number of carbonyl (C=O) groups excluding carboxylic acids is 1. The van der Waals surface area contributed by atoms with Crippen LogP contribution in [0, 0.1) is 5.82 Å². The molecule has 1 N–H and O–H groups in total. The number of anilines is 1. The van der Waals surface area contributed by atoms with E-state index in [1.807, 2.05) is 0 Å². The van der Waals surface area contributed by atoms with E-state index in [2.05, 4.69) is 25.2 Å². The summed E-state index contributed by atoms with van der Waals surface area (Å²) < 4.78 is 13.9. The van der Waals surface area contributed by atoms with E-state index < -0.39 is 0 Å². The molecule has 6 nitrogen and oxygen atoms in total. The van der Waals surface area contributed by atoms with E-state index in [9.17, 15) is 9.18 Å². The van der Waals surface area contributed by atoms with Crippen molar-refractivity contribution in [3.63, 3.8) is 0 Å². The Hall–Kier alpha value is -2.26. The fraction of sp³-hybridized carbons (Fsp3) is 0.368. The molecule has 3 heterocycles. The molecule has 3 aromatic rings. The van der Waals surface area contributed by atoms with E-state index in [1.54, 1.807) is 23.5 Å². The van der Waals surface area contributed by atoms with Gasteiger partial charge in [0.1, 0.15) is 21.9 Å². The number of nitrogens with zero attached hydrogens (tertiary/aromatic N) is 4. The van der Waals surface area contributed by atoms with Crippen LogP contribution in [0.25, 0.3) is 10.3 Å². The molecule has 1 aliphatic rings. The lowest BCUT2D eigenvalue weighted by molar-refractivity contribution is -0.118. The highest BCUT2D eigenvalue weighted by Gasteiger charge is 2.18. The Morgan fingerprint density at radius 2 is 1.96 bits per heavy atom. The van der Waals surface area contributed by atoms with Gasteiger partial charge in [0.05, 0.1) is 5.75 Å². The van der Waals surface area contributed by atoms with Crippen LogP contribution in [0.2, 0.25) is 0 Å². The summed E-state index contributed by atoms with van der Waals surface area (Å²) in [6.45, 7) is 2.43. The number of amides is 1. The Labute approximate surface area is 170 Å². The van der Waals surface area contributed by atoms with Crippen molar-refractivity contribution in [1.29, 1.82) is 0 Å². The van der Waals surface area contributed by atoms with Crippen molar-refractivity contribution in [2.45, 2.75) is 30.8 Å². The van der Waals surface area contributed by atoms with Crippen LogP contribution in [0.4, 0.5) is 9.52 Å². The summed E-state index contributed by atoms with van der Waals surface area (Å²) in [7, 11) is 0. The molecule has 1 amide bonds. The summed E-state index contributed by atoms with van der Waals surface area (Å²) in [4.78, 5) is 27.8. The summed E-state index contributed by atoms with van der Waals surface area (Å²) in [5, 5.41) is 4.61. The van der Waals surface area contributed by atoms with Gasteiger partial charge in [0.15, 0.2) is 10.8 Å². The van der Waals surface area contributed by atoms with Crippen LogP contribution in [-0.4, -0.2) is 39.7 Å². The third kappa shape index (κ3) is 4.59. The van der Waals surface area contributed by atoms with Crippen molar-refractivity contribution in [1.82, 2.24) is 20.3 Å². The number of piperidine rings is 1. The van der Waals surface area contributed by atoms with Crippen molar-refractivity contribution in [3.05, 3.63) is 42.0 Å². The Bertz CT molecular complexity index is 957. The first-order valence-corrected chi connectivity index (χ1v) is 11.0. The van der Waals surface area contributed by atoms with Gasteiger partial charge in [-0.3, -0.25) is 4.79 Å². The number of hydrogen-bond donors (Lipinski definition) is 1. The van der Waals surface area contributed by atoms with Crippen LogP contribution in [0.5, 0.6) is 0 Å². The molecule has 1 aliphatic heterocycles. The number of thiazole rings is 1. The highest BCUT2D eigenvalue weighted by atomic mass is 32.2. The van der Waals surface area contributed by atoms with Gasteiger partial charge in [0, 0.05) is 19.6 Å². The van der Waals surface area contributed by atoms with Crippen molar-refractivity contribution in [3.8, 4) is 0 Å². The normalized spacial score (nSPS) is 14.4. The number of thioether (sulfide) groups is 1. The van der Waals surface area contributed by atoms with Gasteiger partial charge >= 0.3 is 0 Å². The van der Waals surface area contributed by atoms with Gasteiger partial charge < -0.3 is 10.2 Å². The van der Waals surface area contributed by atoms with Crippen LogP contribution >= 0.6 is 23.1 Å². The molecule has 1 aromatic carbocycles. The SMILES string of the molecule is O=C(CSc1ncnc2nc(N3CCCCC3)sc12)NCc1ccc(F)cc1. The Morgan fingerprint density at radius 1 is 1.18 bits per heavy atom. The second-order valence-electron chi connectivity index (χ2n) is 6.57. The predicted octanol–water partition coefficient (Wildman–Crippen LogP) is 3.62. The molecule has 0 bridgehead atoms. The molecular weight excluding hydrogens is 397 g/mol. The van der Waals surface area contributed by atoms with Crippen LogP contribution < -0.4 is 10.2 Å². The first-order valence-electron chi connectivity index (χ1n) is 9.19. The van der Waals surface area contributed by atoms with Gasteiger partial charge in [-0.15, -0.1) is 0 Å². The minimum atomic E-state index is -0.285. The quantitative estimate of drug-likeness (QED) is 0.488. The molecule has 28 heavy (non-hydrogen) atoms. The second kappa shape index (κ2) is 8.83. The number of carbonyl (C=O) groups is 1. The van der Waals surface area contributed by atoms with E-state index in [-0.39, 0.29) is 17.5 Å². The highest BCUT2D eigenvalue weighted by Crippen LogP contribution is 2.34. The minimum absolute atomic E-state index is 0.0955. The van der Waals surface area contributed by atoms with Gasteiger partial charge in [-0.1, -0.05) is 35.2 Å². The predicted molar refractivity (Wildman–Crippen MR) is 110 cm³/mol. The first-order chi connectivity index (χ1) is 13.7. The molecule has 0 atom stereocenters. The first kappa shape index (κ1) is 19.1. The highest BCUT2D eigenvalue weighted by molar-refractivity contribution is 8.00. The van der Waals surface area contributed by atoms with Crippen molar-refractivity contribution >= 4 is 44.5 Å². The van der Waals surface area contributed by atoms with Gasteiger partial charge in [-0.2, -0.15) is 4.98 Å². The van der Waals surface area contributed by atoms with Crippen molar-refractivity contribution in [2.75, 3.05) is 23.7 Å². The maximum atomic E-state index is 12.9. The average Bonchev–Trinajstić information content (AvgIpc) is 3.17. The summed E-state index contributed by atoms with van der Waals surface area (Å²) >= 11 is 2.98. The largest absolute Gasteiger partial charge is 0.351 e. The number of fused-ring (bicyclic) bond motifs is 1. The molecule has 2 aromatic heterocycles. The minimum Gasteiger partial charge on any atom is -0.351 e. The molecule has 0 saturated carbocycles. The number of aromatic nitrogens is 3. The van der Waals surface area contributed by atoms with Gasteiger partial charge in [-0.25, -0.2) is 14.4 Å². The van der Waals surface area contributed by atoms with Crippen LogP contribution in [0.15, 0.2) is 35.6 Å². The van der Waals surface area contributed by atoms with E-state index in [4.69, 9.17) is 0 Å². The standard InChI is InChI=1S/C19H20FN5OS2/c20-14-6-4-13(5-7-14)10-21-15(26)11-27-18-16-17(22-12-23-18)24-19(28-16)25-8-2-1-3-9-25/h4-7,12H,1-3,8-11H2,(H,21,26). The zero-order valence-electron chi connectivity index (χ0n) is 15.2. The second-order valence-corrected chi connectivity index (χ2v) is 8.51. The fourth-order valence-corrected chi connectivity index (χ4v) is 5.01. The lowest BCUT2D eigenvalue weighted by atomic mass is 10.1. The zero-order chi connectivity index (χ0) is 19.3. The summed E-state index contributed by atoms with van der Waals surface area (Å²) in [6.07, 6.45) is 5.16. The lowest BCUT2D eigenvalue weighted by Gasteiger charge is -2.25. The number of halogens is 1. The molecular formula is C19H20FN5OS2. The van der Waals surface area contributed by atoms with Crippen LogP contribution in [0.1, 0.15) is 24.8 Å². The summed E-state index contributed by atoms with van der Waals surface area (Å²) in [6, 6.07) is 6.10. The molecule has 1 fully saturated rings. The maximum absolute atomic E-state index is 12.9. The molecule has 0 radical (unpaired) electrons. The summed E-state index contributed by atoms with van der Waals surface area (Å²) in [5.74, 6) is -0.127. The molecule has 1 saturated heterocycles. The monoisotopic (exact) mass is 417 g/mol. The van der Waals surface area contributed by atoms with Crippen LogP contribution in [0.3, 0.4) is 0 Å². The van der Waals surface area contributed by atoms with E-state index in [1.165, 1.54) is 49.5 Å². The Kier molecular flexibility index (Phi) is 6.01. The molecule has 4 rings (SSSR count). The maximum Gasteiger partial charge on any atom is 0.230 e. The van der Waals surface area contributed by atoms with E-state index >= 15 is 0 Å². The number of benzene rings is 1. The zero-order valence-corrected chi connectivity index (χ0v) is 16.9. The molecule has 146 valence electrons. The van der Waals surface area contributed by atoms with Gasteiger partial charge in [0.25, 0.3) is 0 Å². The van der Waals surface area contributed by atoms with Gasteiger partial charge in [0.2, 0.25) is 5.91 Å². The summed E-state index contributed by atoms with van der Waals surface area (Å²) in [5.41, 5.74) is 1.55. The Balaban J connectivity index is 1.37. The number of hydrogen-bond acceptors (Lipinski definition) is 7. The lowest BCUT2D eigenvalue weighted by Crippen LogP contribution is -2.29. The van der Waals surface area contributed by atoms with E-state index in [0.717, 1.165) is 33.5 Å². The molecule has 0 unspecified atom stereocenters. The van der Waals surface area contributed by atoms with Crippen LogP contribution in [-0.2, 0) is 11.3 Å². The number of nitrogens with one attached hydrogen (secondary N) is 1. The Morgan fingerprint density at radius 3 is 2.75 bits per heavy atom. The van der Waals surface area contributed by atoms with Crippen molar-refractivity contribution in [2.24, 2.45) is 0 Å². The average molecular weight is 418 g/mol. The molecule has 9 heteroatoms. The van der Waals surface area contributed by atoms with E-state index in [0.29, 0.717) is 12.2 Å². The smallest absolute Gasteiger partial charge is 0.230 e. The van der Waals surface area contributed by atoms with Crippen molar-refractivity contribution < 1.29 is 9.18 Å². The molecule has 0 aliphatic carbocycles. The fourth-order valence-electron chi connectivity index (χ4n) is 3.03. The number of rotatable bonds is 6.